The average molecular weight is 237 g/mol. The van der Waals surface area contributed by atoms with Crippen molar-refractivity contribution >= 4 is 11.9 Å². The second-order valence-corrected chi connectivity index (χ2v) is 3.69. The van der Waals surface area contributed by atoms with Crippen LogP contribution in [0.15, 0.2) is 24.3 Å². The van der Waals surface area contributed by atoms with Gasteiger partial charge in [-0.15, -0.1) is 0 Å². The Bertz CT molecular complexity index is 399. The molecule has 0 aliphatic carbocycles. The first kappa shape index (κ1) is 13.0. The molecule has 0 saturated heterocycles. The minimum absolute atomic E-state index is 0.0959. The molecule has 92 valence electrons. The first-order valence-corrected chi connectivity index (χ1v) is 5.13. The van der Waals surface area contributed by atoms with Gasteiger partial charge in [0.2, 0.25) is 0 Å². The molecular weight excluding hydrogens is 222 g/mol. The lowest BCUT2D eigenvalue weighted by molar-refractivity contribution is -0.117. The van der Waals surface area contributed by atoms with Crippen molar-refractivity contribution in [3.8, 4) is 5.75 Å². The zero-order chi connectivity index (χ0) is 12.8. The summed E-state index contributed by atoms with van der Waals surface area (Å²) in [5.74, 6) is 0.531. The largest absolute Gasteiger partial charge is 0.497 e. The molecule has 1 amide bonds. The molecular formula is C12H15NO4. The predicted molar refractivity (Wildman–Crippen MR) is 62.1 cm³/mol. The molecule has 5 heteroatoms. The predicted octanol–water partition coefficient (Wildman–Crippen LogP) is 1.76. The standard InChI is InChI=1S/C12H15NO4/c1-9(14)7-13(12(15)16)8-10-3-5-11(17-2)6-4-10/h3-6H,7-8H2,1-2H3,(H,15,16). The summed E-state index contributed by atoms with van der Waals surface area (Å²) < 4.78 is 5.00. The number of ether oxygens (including phenoxy) is 1. The molecule has 5 nitrogen and oxygen atoms in total. The quantitative estimate of drug-likeness (QED) is 0.847. The maximum Gasteiger partial charge on any atom is 0.407 e. The summed E-state index contributed by atoms with van der Waals surface area (Å²) in [7, 11) is 1.56. The fourth-order valence-corrected chi connectivity index (χ4v) is 1.41. The monoisotopic (exact) mass is 237 g/mol. The van der Waals surface area contributed by atoms with Gasteiger partial charge in [0.25, 0.3) is 0 Å². The fraction of sp³-hybridized carbons (Fsp3) is 0.333. The smallest absolute Gasteiger partial charge is 0.407 e. The molecule has 0 bridgehead atoms. The Morgan fingerprint density at radius 1 is 1.29 bits per heavy atom. The first-order valence-electron chi connectivity index (χ1n) is 5.13. The van der Waals surface area contributed by atoms with Crippen LogP contribution in [0.5, 0.6) is 5.75 Å². The van der Waals surface area contributed by atoms with Crippen molar-refractivity contribution in [2.75, 3.05) is 13.7 Å². The second-order valence-electron chi connectivity index (χ2n) is 3.69. The van der Waals surface area contributed by atoms with Gasteiger partial charge in [-0.2, -0.15) is 0 Å². The number of ketones is 1. The van der Waals surface area contributed by atoms with Gasteiger partial charge < -0.3 is 9.84 Å². The van der Waals surface area contributed by atoms with Crippen molar-refractivity contribution in [3.05, 3.63) is 29.8 Å². The summed E-state index contributed by atoms with van der Waals surface area (Å²) in [4.78, 5) is 22.9. The third-order valence-corrected chi connectivity index (χ3v) is 2.22. The molecule has 1 N–H and O–H groups in total. The average Bonchev–Trinajstić information content (AvgIpc) is 2.28. The lowest BCUT2D eigenvalue weighted by atomic mass is 10.2. The highest BCUT2D eigenvalue weighted by Gasteiger charge is 2.13. The SMILES string of the molecule is COc1ccc(CN(CC(C)=O)C(=O)O)cc1. The van der Waals surface area contributed by atoms with Gasteiger partial charge in [0.05, 0.1) is 13.7 Å². The van der Waals surface area contributed by atoms with E-state index in [1.807, 2.05) is 0 Å². The van der Waals surface area contributed by atoms with E-state index >= 15 is 0 Å². The Balaban J connectivity index is 2.71. The first-order chi connectivity index (χ1) is 8.02. The molecule has 1 aromatic carbocycles. The number of Topliss-reactive ketones (excluding diaryl/α,β-unsaturated/α-hetero) is 1. The van der Waals surface area contributed by atoms with Gasteiger partial charge in [-0.25, -0.2) is 4.79 Å². The van der Waals surface area contributed by atoms with Crippen LogP contribution in [-0.4, -0.2) is 35.5 Å². The minimum Gasteiger partial charge on any atom is -0.497 e. The van der Waals surface area contributed by atoms with E-state index in [-0.39, 0.29) is 18.9 Å². The van der Waals surface area contributed by atoms with Crippen LogP contribution < -0.4 is 4.74 Å². The van der Waals surface area contributed by atoms with Crippen LogP contribution in [-0.2, 0) is 11.3 Å². The molecule has 0 fully saturated rings. The molecule has 0 aromatic heterocycles. The van der Waals surface area contributed by atoms with E-state index in [0.717, 1.165) is 10.5 Å². The molecule has 0 aliphatic heterocycles. The van der Waals surface area contributed by atoms with Gasteiger partial charge in [0.1, 0.15) is 11.5 Å². The van der Waals surface area contributed by atoms with Crippen molar-refractivity contribution in [1.29, 1.82) is 0 Å². The van der Waals surface area contributed by atoms with Crippen LogP contribution >= 0.6 is 0 Å². The fourth-order valence-electron chi connectivity index (χ4n) is 1.41. The summed E-state index contributed by atoms with van der Waals surface area (Å²) in [6, 6.07) is 7.05. The normalized spacial score (nSPS) is 9.76. The van der Waals surface area contributed by atoms with Gasteiger partial charge in [0.15, 0.2) is 0 Å². The molecule has 0 saturated carbocycles. The second kappa shape index (κ2) is 5.89. The van der Waals surface area contributed by atoms with E-state index in [4.69, 9.17) is 9.84 Å². The number of nitrogens with zero attached hydrogens (tertiary/aromatic N) is 1. The lowest BCUT2D eigenvalue weighted by Crippen LogP contribution is -2.33. The van der Waals surface area contributed by atoms with Crippen molar-refractivity contribution in [1.82, 2.24) is 4.90 Å². The Morgan fingerprint density at radius 2 is 1.88 bits per heavy atom. The van der Waals surface area contributed by atoms with Crippen LogP contribution in [0, 0.1) is 0 Å². The molecule has 0 unspecified atom stereocenters. The molecule has 17 heavy (non-hydrogen) atoms. The number of rotatable bonds is 5. The summed E-state index contributed by atoms with van der Waals surface area (Å²) >= 11 is 0. The number of hydrogen-bond acceptors (Lipinski definition) is 3. The molecule has 0 spiro atoms. The van der Waals surface area contributed by atoms with Crippen LogP contribution in [0.25, 0.3) is 0 Å². The number of methoxy groups -OCH3 is 1. The Hall–Kier alpha value is -2.04. The summed E-state index contributed by atoms with van der Waals surface area (Å²) in [6.07, 6.45) is -1.10. The highest BCUT2D eigenvalue weighted by Crippen LogP contribution is 2.13. The number of hydrogen-bond donors (Lipinski definition) is 1. The number of carbonyl (C=O) groups excluding carboxylic acids is 1. The highest BCUT2D eigenvalue weighted by molar-refractivity contribution is 5.81. The minimum atomic E-state index is -1.10. The van der Waals surface area contributed by atoms with Gasteiger partial charge in [-0.1, -0.05) is 12.1 Å². The zero-order valence-electron chi connectivity index (χ0n) is 9.84. The Kier molecular flexibility index (Phi) is 4.51. The maximum atomic E-state index is 10.9. The molecule has 0 heterocycles. The molecule has 0 radical (unpaired) electrons. The lowest BCUT2D eigenvalue weighted by Gasteiger charge is -2.17. The van der Waals surface area contributed by atoms with Crippen LogP contribution in [0.2, 0.25) is 0 Å². The van der Waals surface area contributed by atoms with E-state index in [1.54, 1.807) is 31.4 Å². The van der Waals surface area contributed by atoms with Crippen LogP contribution in [0.3, 0.4) is 0 Å². The number of benzene rings is 1. The third kappa shape index (κ3) is 4.14. The zero-order valence-corrected chi connectivity index (χ0v) is 9.84. The topological polar surface area (TPSA) is 66.8 Å². The van der Waals surface area contributed by atoms with E-state index in [0.29, 0.717) is 5.75 Å². The highest BCUT2D eigenvalue weighted by atomic mass is 16.5. The van der Waals surface area contributed by atoms with Crippen molar-refractivity contribution in [2.24, 2.45) is 0 Å². The van der Waals surface area contributed by atoms with Gasteiger partial charge in [-0.05, 0) is 24.6 Å². The van der Waals surface area contributed by atoms with Crippen molar-refractivity contribution < 1.29 is 19.4 Å². The van der Waals surface area contributed by atoms with E-state index in [9.17, 15) is 9.59 Å². The molecule has 1 rings (SSSR count). The van der Waals surface area contributed by atoms with Crippen LogP contribution in [0.4, 0.5) is 4.79 Å². The number of carbonyl (C=O) groups is 2. The number of amides is 1. The Morgan fingerprint density at radius 3 is 2.29 bits per heavy atom. The summed E-state index contributed by atoms with van der Waals surface area (Å²) in [6.45, 7) is 1.46. The summed E-state index contributed by atoms with van der Waals surface area (Å²) in [5.41, 5.74) is 0.814. The van der Waals surface area contributed by atoms with E-state index in [2.05, 4.69) is 0 Å². The molecule has 0 atom stereocenters. The van der Waals surface area contributed by atoms with E-state index < -0.39 is 6.09 Å². The maximum absolute atomic E-state index is 10.9. The van der Waals surface area contributed by atoms with Gasteiger partial charge >= 0.3 is 6.09 Å². The Labute approximate surface area is 99.6 Å². The van der Waals surface area contributed by atoms with Crippen molar-refractivity contribution in [3.63, 3.8) is 0 Å². The summed E-state index contributed by atoms with van der Waals surface area (Å²) in [5, 5.41) is 8.93. The molecule has 0 aliphatic rings. The van der Waals surface area contributed by atoms with Crippen LogP contribution in [0.1, 0.15) is 12.5 Å². The van der Waals surface area contributed by atoms with Crippen molar-refractivity contribution in [2.45, 2.75) is 13.5 Å². The van der Waals surface area contributed by atoms with E-state index in [1.165, 1.54) is 6.92 Å². The van der Waals surface area contributed by atoms with Gasteiger partial charge in [0, 0.05) is 6.54 Å². The van der Waals surface area contributed by atoms with Gasteiger partial charge in [-0.3, -0.25) is 9.69 Å². The third-order valence-electron chi connectivity index (χ3n) is 2.22. The molecule has 1 aromatic rings. The number of carboxylic acid groups (broad SMARTS) is 1.